The van der Waals surface area contributed by atoms with Crippen molar-refractivity contribution in [3.63, 3.8) is 0 Å². The summed E-state index contributed by atoms with van der Waals surface area (Å²) < 4.78 is 5.70. The van der Waals surface area contributed by atoms with Crippen molar-refractivity contribution in [1.29, 1.82) is 0 Å². The number of H-pyrrole nitrogens is 1. The minimum atomic E-state index is -0.153. The molecule has 4 N–H and O–H groups in total. The second-order valence-electron chi connectivity index (χ2n) is 5.15. The highest BCUT2D eigenvalue weighted by molar-refractivity contribution is 5.99. The molecule has 0 aromatic carbocycles. The highest BCUT2D eigenvalue weighted by atomic mass is 16.5. The van der Waals surface area contributed by atoms with Gasteiger partial charge >= 0.3 is 0 Å². The molecule has 98 valence electrons. The number of rotatable bonds is 3. The van der Waals surface area contributed by atoms with Crippen molar-refractivity contribution in [2.75, 3.05) is 12.3 Å². The summed E-state index contributed by atoms with van der Waals surface area (Å²) in [5.74, 6) is 0.729. The summed E-state index contributed by atoms with van der Waals surface area (Å²) in [7, 11) is 0. The summed E-state index contributed by atoms with van der Waals surface area (Å²) in [5.41, 5.74) is 6.84. The Hall–Kier alpha value is -1.56. The molecule has 1 aliphatic carbocycles. The van der Waals surface area contributed by atoms with E-state index in [4.69, 9.17) is 10.5 Å². The highest BCUT2D eigenvalue weighted by Gasteiger charge is 2.41. The maximum atomic E-state index is 12.2. The van der Waals surface area contributed by atoms with Crippen LogP contribution < -0.4 is 11.1 Å². The molecule has 1 amide bonds. The Morgan fingerprint density at radius 2 is 2.28 bits per heavy atom. The number of hydrogen-bond acceptors (Lipinski definition) is 4. The van der Waals surface area contributed by atoms with E-state index >= 15 is 0 Å². The van der Waals surface area contributed by atoms with Gasteiger partial charge in [0.2, 0.25) is 0 Å². The fourth-order valence-corrected chi connectivity index (χ4v) is 2.63. The normalized spacial score (nSPS) is 27.4. The van der Waals surface area contributed by atoms with Gasteiger partial charge in [0, 0.05) is 12.3 Å². The van der Waals surface area contributed by atoms with Gasteiger partial charge in [-0.1, -0.05) is 0 Å². The zero-order valence-corrected chi connectivity index (χ0v) is 10.4. The molecule has 2 fully saturated rings. The molecule has 1 saturated heterocycles. The number of nitrogens with one attached hydrogen (secondary N) is 2. The number of nitrogens with zero attached hydrogens (tertiary/aromatic N) is 1. The van der Waals surface area contributed by atoms with Crippen molar-refractivity contribution in [2.24, 2.45) is 5.92 Å². The van der Waals surface area contributed by atoms with Crippen molar-refractivity contribution in [3.05, 3.63) is 11.3 Å². The van der Waals surface area contributed by atoms with Crippen LogP contribution >= 0.6 is 0 Å². The quantitative estimate of drug-likeness (QED) is 0.732. The van der Waals surface area contributed by atoms with Crippen LogP contribution in [0.3, 0.4) is 0 Å². The number of aromatic nitrogens is 2. The predicted octanol–water partition coefficient (Wildman–Crippen LogP) is 0.598. The van der Waals surface area contributed by atoms with Gasteiger partial charge in [-0.2, -0.15) is 5.10 Å². The van der Waals surface area contributed by atoms with Crippen LogP contribution in [0.25, 0.3) is 0 Å². The van der Waals surface area contributed by atoms with E-state index in [1.54, 1.807) is 6.92 Å². The molecule has 2 aliphatic rings. The number of hydrogen-bond donors (Lipinski definition) is 3. The first-order valence-corrected chi connectivity index (χ1v) is 6.39. The van der Waals surface area contributed by atoms with Gasteiger partial charge in [0.25, 0.3) is 5.91 Å². The molecule has 0 bridgehead atoms. The van der Waals surface area contributed by atoms with Crippen LogP contribution in [-0.4, -0.2) is 34.9 Å². The largest absolute Gasteiger partial charge is 0.382 e. The molecule has 0 radical (unpaired) electrons. The summed E-state index contributed by atoms with van der Waals surface area (Å²) in [6.07, 6.45) is 3.49. The number of aromatic amines is 1. The topological polar surface area (TPSA) is 93.0 Å². The monoisotopic (exact) mass is 250 g/mol. The molecule has 1 saturated carbocycles. The van der Waals surface area contributed by atoms with Crippen molar-refractivity contribution in [2.45, 2.75) is 38.3 Å². The lowest BCUT2D eigenvalue weighted by atomic mass is 10.1. The van der Waals surface area contributed by atoms with Crippen molar-refractivity contribution in [1.82, 2.24) is 15.5 Å². The van der Waals surface area contributed by atoms with Gasteiger partial charge in [-0.3, -0.25) is 9.89 Å². The highest BCUT2D eigenvalue weighted by Crippen LogP contribution is 2.38. The van der Waals surface area contributed by atoms with Crippen LogP contribution in [0, 0.1) is 12.8 Å². The van der Waals surface area contributed by atoms with Gasteiger partial charge < -0.3 is 15.8 Å². The Morgan fingerprint density at radius 3 is 2.89 bits per heavy atom. The smallest absolute Gasteiger partial charge is 0.257 e. The number of nitrogens with two attached hydrogens (primary N) is 1. The van der Waals surface area contributed by atoms with Gasteiger partial charge in [0.05, 0.1) is 12.1 Å². The standard InChI is InChI=1S/C12H18N4O2/c1-6-9(11(13)16-15-6)12(17)14-8-4-5-18-10(8)7-2-3-7/h7-8,10H,2-5H2,1H3,(H,14,17)(H3,13,15,16). The molecule has 2 unspecified atom stereocenters. The van der Waals surface area contributed by atoms with E-state index in [0.29, 0.717) is 17.2 Å². The van der Waals surface area contributed by atoms with E-state index in [0.717, 1.165) is 13.0 Å². The third-order valence-corrected chi connectivity index (χ3v) is 3.74. The van der Waals surface area contributed by atoms with Gasteiger partial charge in [0.1, 0.15) is 5.56 Å². The number of carbonyl (C=O) groups excluding carboxylic acids is 1. The first-order valence-electron chi connectivity index (χ1n) is 6.39. The molecule has 1 aliphatic heterocycles. The van der Waals surface area contributed by atoms with Crippen LogP contribution in [0.5, 0.6) is 0 Å². The summed E-state index contributed by atoms with van der Waals surface area (Å²) in [5, 5.41) is 9.59. The molecule has 1 aromatic rings. The lowest BCUT2D eigenvalue weighted by Crippen LogP contribution is -2.41. The fourth-order valence-electron chi connectivity index (χ4n) is 2.63. The molecule has 1 aromatic heterocycles. The maximum absolute atomic E-state index is 12.2. The average molecular weight is 250 g/mol. The molecular weight excluding hydrogens is 232 g/mol. The van der Waals surface area contributed by atoms with Gasteiger partial charge in [0.15, 0.2) is 5.82 Å². The molecular formula is C12H18N4O2. The first kappa shape index (κ1) is 11.5. The minimum absolute atomic E-state index is 0.110. The Labute approximate surface area is 105 Å². The van der Waals surface area contributed by atoms with Crippen molar-refractivity contribution >= 4 is 11.7 Å². The summed E-state index contributed by atoms with van der Waals surface area (Å²) in [6.45, 7) is 2.52. The molecule has 2 atom stereocenters. The fraction of sp³-hybridized carbons (Fsp3) is 0.667. The number of ether oxygens (including phenoxy) is 1. The number of amides is 1. The van der Waals surface area contributed by atoms with E-state index in [-0.39, 0.29) is 23.9 Å². The van der Waals surface area contributed by atoms with Crippen molar-refractivity contribution in [3.8, 4) is 0 Å². The third-order valence-electron chi connectivity index (χ3n) is 3.74. The molecule has 2 heterocycles. The van der Waals surface area contributed by atoms with E-state index in [2.05, 4.69) is 15.5 Å². The second kappa shape index (κ2) is 4.28. The van der Waals surface area contributed by atoms with Gasteiger partial charge in [-0.15, -0.1) is 0 Å². The zero-order valence-electron chi connectivity index (χ0n) is 10.4. The lowest BCUT2D eigenvalue weighted by Gasteiger charge is -2.19. The Kier molecular flexibility index (Phi) is 2.74. The first-order chi connectivity index (χ1) is 8.66. The van der Waals surface area contributed by atoms with Gasteiger partial charge in [-0.25, -0.2) is 0 Å². The van der Waals surface area contributed by atoms with E-state index in [1.165, 1.54) is 12.8 Å². The molecule has 3 rings (SSSR count). The molecule has 6 nitrogen and oxygen atoms in total. The van der Waals surface area contributed by atoms with Crippen LogP contribution in [0.4, 0.5) is 5.82 Å². The lowest BCUT2D eigenvalue weighted by molar-refractivity contribution is 0.0729. The van der Waals surface area contributed by atoms with E-state index in [1.807, 2.05) is 0 Å². The Morgan fingerprint density at radius 1 is 1.50 bits per heavy atom. The van der Waals surface area contributed by atoms with Crippen LogP contribution in [0.2, 0.25) is 0 Å². The van der Waals surface area contributed by atoms with E-state index < -0.39 is 0 Å². The van der Waals surface area contributed by atoms with Gasteiger partial charge in [-0.05, 0) is 32.1 Å². The Balaban J connectivity index is 1.70. The average Bonchev–Trinajstić information content (AvgIpc) is 2.98. The van der Waals surface area contributed by atoms with Crippen LogP contribution in [-0.2, 0) is 4.74 Å². The number of anilines is 1. The number of nitrogen functional groups attached to an aromatic ring is 1. The van der Waals surface area contributed by atoms with Crippen LogP contribution in [0.1, 0.15) is 35.3 Å². The van der Waals surface area contributed by atoms with Crippen molar-refractivity contribution < 1.29 is 9.53 Å². The second-order valence-corrected chi connectivity index (χ2v) is 5.15. The third kappa shape index (κ3) is 1.96. The minimum Gasteiger partial charge on any atom is -0.382 e. The van der Waals surface area contributed by atoms with E-state index in [9.17, 15) is 4.79 Å². The maximum Gasteiger partial charge on any atom is 0.257 e. The van der Waals surface area contributed by atoms with Crippen LogP contribution in [0.15, 0.2) is 0 Å². The number of carbonyl (C=O) groups is 1. The number of aryl methyl sites for hydroxylation is 1. The zero-order chi connectivity index (χ0) is 12.7. The molecule has 18 heavy (non-hydrogen) atoms. The summed E-state index contributed by atoms with van der Waals surface area (Å²) in [6, 6.07) is 0.110. The predicted molar refractivity (Wildman–Crippen MR) is 66.1 cm³/mol. The Bertz CT molecular complexity index is 447. The molecule has 6 heteroatoms. The summed E-state index contributed by atoms with van der Waals surface area (Å²) in [4.78, 5) is 12.2. The SMILES string of the molecule is Cc1[nH]nc(N)c1C(=O)NC1CCOC1C1CC1. The molecule has 0 spiro atoms. The summed E-state index contributed by atoms with van der Waals surface area (Å²) >= 11 is 0.